The molecule has 0 fully saturated rings. The molecule has 1 aromatic rings. The molecule has 2 nitrogen and oxygen atoms in total. The third kappa shape index (κ3) is 3.70. The van der Waals surface area contributed by atoms with Crippen molar-refractivity contribution in [1.29, 1.82) is 0 Å². The third-order valence-corrected chi connectivity index (χ3v) is 4.66. The smallest absolute Gasteiger partial charge is 0.0561 e. The Morgan fingerprint density at radius 1 is 1.53 bits per heavy atom. The van der Waals surface area contributed by atoms with Gasteiger partial charge in [-0.1, -0.05) is 28.9 Å². The zero-order valence-corrected chi connectivity index (χ0v) is 11.2. The molecule has 0 saturated carbocycles. The van der Waals surface area contributed by atoms with Gasteiger partial charge in [-0.25, -0.2) is 0 Å². The highest BCUT2D eigenvalue weighted by Gasteiger charge is 2.15. The van der Waals surface area contributed by atoms with E-state index in [0.29, 0.717) is 6.54 Å². The summed E-state index contributed by atoms with van der Waals surface area (Å²) in [6.45, 7) is 2.65. The highest BCUT2D eigenvalue weighted by atomic mass is 79.9. The van der Waals surface area contributed by atoms with Crippen LogP contribution in [0, 0.1) is 0 Å². The molecule has 84 valence electrons. The lowest BCUT2D eigenvalue weighted by atomic mass is 10.2. The number of halogens is 1. The average Bonchev–Trinajstić information content (AvgIpc) is 2.25. The molecule has 15 heavy (non-hydrogen) atoms. The molecule has 0 aliphatic carbocycles. The van der Waals surface area contributed by atoms with E-state index >= 15 is 0 Å². The van der Waals surface area contributed by atoms with Gasteiger partial charge < -0.3 is 5.73 Å². The van der Waals surface area contributed by atoms with Crippen molar-refractivity contribution in [2.75, 3.05) is 6.54 Å². The van der Waals surface area contributed by atoms with Crippen LogP contribution in [0.25, 0.3) is 0 Å². The summed E-state index contributed by atoms with van der Waals surface area (Å²) in [5.41, 5.74) is 5.51. The summed E-state index contributed by atoms with van der Waals surface area (Å²) in [6.07, 6.45) is 1.71. The first kappa shape index (κ1) is 12.9. The minimum atomic E-state index is -0.941. The maximum Gasteiger partial charge on any atom is 0.0561 e. The van der Waals surface area contributed by atoms with Crippen LogP contribution in [-0.2, 0) is 10.8 Å². The molecular weight excluding hydrogens is 274 g/mol. The summed E-state index contributed by atoms with van der Waals surface area (Å²) in [6, 6.07) is 7.66. The van der Waals surface area contributed by atoms with Crippen LogP contribution >= 0.6 is 15.9 Å². The summed E-state index contributed by atoms with van der Waals surface area (Å²) >= 11 is 3.38. The van der Waals surface area contributed by atoms with Gasteiger partial charge >= 0.3 is 0 Å². The largest absolute Gasteiger partial charge is 0.330 e. The van der Waals surface area contributed by atoms with Crippen LogP contribution in [0.5, 0.6) is 0 Å². The van der Waals surface area contributed by atoms with E-state index in [0.717, 1.165) is 22.2 Å². The molecule has 2 atom stereocenters. The maximum atomic E-state index is 12.2. The van der Waals surface area contributed by atoms with Crippen LogP contribution in [0.4, 0.5) is 0 Å². The van der Waals surface area contributed by atoms with E-state index < -0.39 is 10.8 Å². The second-order valence-corrected chi connectivity index (χ2v) is 6.01. The van der Waals surface area contributed by atoms with Gasteiger partial charge in [0.15, 0.2) is 0 Å². The van der Waals surface area contributed by atoms with Crippen molar-refractivity contribution in [3.8, 4) is 0 Å². The van der Waals surface area contributed by atoms with Crippen LogP contribution in [0.1, 0.15) is 19.8 Å². The zero-order valence-electron chi connectivity index (χ0n) is 8.78. The van der Waals surface area contributed by atoms with Crippen LogP contribution in [0.2, 0.25) is 0 Å². The lowest BCUT2D eigenvalue weighted by Gasteiger charge is -2.13. The molecule has 2 N–H and O–H groups in total. The fourth-order valence-corrected chi connectivity index (χ4v) is 3.48. The number of nitrogens with two attached hydrogens (primary N) is 1. The van der Waals surface area contributed by atoms with Crippen molar-refractivity contribution in [2.24, 2.45) is 5.73 Å². The van der Waals surface area contributed by atoms with Gasteiger partial charge in [-0.15, -0.1) is 0 Å². The first-order valence-corrected chi connectivity index (χ1v) is 7.05. The Morgan fingerprint density at radius 2 is 2.27 bits per heavy atom. The lowest BCUT2D eigenvalue weighted by Crippen LogP contribution is -2.18. The van der Waals surface area contributed by atoms with Crippen LogP contribution in [-0.4, -0.2) is 16.0 Å². The molecule has 2 unspecified atom stereocenters. The van der Waals surface area contributed by atoms with Gasteiger partial charge in [-0.2, -0.15) is 0 Å². The monoisotopic (exact) mass is 289 g/mol. The van der Waals surface area contributed by atoms with Crippen molar-refractivity contribution in [1.82, 2.24) is 0 Å². The number of hydrogen-bond acceptors (Lipinski definition) is 2. The Bertz CT molecular complexity index is 343. The van der Waals surface area contributed by atoms with Crippen LogP contribution < -0.4 is 5.73 Å². The van der Waals surface area contributed by atoms with Crippen molar-refractivity contribution >= 4 is 26.7 Å². The molecule has 1 rings (SSSR count). The Kier molecular flexibility index (Phi) is 5.50. The highest BCUT2D eigenvalue weighted by molar-refractivity contribution is 9.10. The third-order valence-electron chi connectivity index (χ3n) is 2.28. The summed E-state index contributed by atoms with van der Waals surface area (Å²) in [4.78, 5) is 0.879. The van der Waals surface area contributed by atoms with Gasteiger partial charge in [0.2, 0.25) is 0 Å². The van der Waals surface area contributed by atoms with E-state index in [1.807, 2.05) is 24.3 Å². The van der Waals surface area contributed by atoms with E-state index in [-0.39, 0.29) is 5.25 Å². The molecular formula is C11H16BrNOS. The molecule has 0 spiro atoms. The van der Waals surface area contributed by atoms with E-state index in [1.165, 1.54) is 0 Å². The van der Waals surface area contributed by atoms with Gasteiger partial charge in [-0.05, 0) is 37.6 Å². The summed E-state index contributed by atoms with van der Waals surface area (Å²) in [7, 11) is -0.941. The second-order valence-electron chi connectivity index (χ2n) is 3.36. The molecule has 1 aromatic carbocycles. The van der Waals surface area contributed by atoms with Crippen LogP contribution in [0.3, 0.4) is 0 Å². The van der Waals surface area contributed by atoms with E-state index in [9.17, 15) is 4.21 Å². The zero-order chi connectivity index (χ0) is 11.3. The van der Waals surface area contributed by atoms with Gasteiger partial charge in [0, 0.05) is 14.6 Å². The Labute approximate surface area is 102 Å². The average molecular weight is 290 g/mol. The topological polar surface area (TPSA) is 43.1 Å². The van der Waals surface area contributed by atoms with Gasteiger partial charge in [0.25, 0.3) is 0 Å². The van der Waals surface area contributed by atoms with Gasteiger partial charge in [-0.3, -0.25) is 4.21 Å². The molecule has 0 aliphatic rings. The van der Waals surface area contributed by atoms with Gasteiger partial charge in [0.05, 0.1) is 10.8 Å². The molecule has 0 radical (unpaired) electrons. The number of rotatable bonds is 5. The quantitative estimate of drug-likeness (QED) is 0.906. The van der Waals surface area contributed by atoms with Crippen molar-refractivity contribution in [2.45, 2.75) is 29.9 Å². The molecule has 0 amide bonds. The van der Waals surface area contributed by atoms with Crippen molar-refractivity contribution in [3.05, 3.63) is 28.7 Å². The van der Waals surface area contributed by atoms with E-state index in [1.54, 1.807) is 0 Å². The summed E-state index contributed by atoms with van der Waals surface area (Å²) in [5.74, 6) is 0. The second kappa shape index (κ2) is 6.40. The number of benzene rings is 1. The number of hydrogen-bond donors (Lipinski definition) is 1. The van der Waals surface area contributed by atoms with Crippen molar-refractivity contribution in [3.63, 3.8) is 0 Å². The van der Waals surface area contributed by atoms with Crippen LogP contribution in [0.15, 0.2) is 33.6 Å². The minimum absolute atomic E-state index is 0.171. The molecule has 0 heterocycles. The summed E-state index contributed by atoms with van der Waals surface area (Å²) in [5, 5.41) is 0.171. The fraction of sp³-hybridized carbons (Fsp3) is 0.455. The Balaban J connectivity index is 2.82. The van der Waals surface area contributed by atoms with E-state index in [2.05, 4.69) is 22.9 Å². The standard InChI is InChI=1S/C11H16BrNOS/c1-2-10(6-7-13)15(14)11-5-3-4-9(12)8-11/h3-5,8,10H,2,6-7,13H2,1H3. The normalized spacial score (nSPS) is 14.9. The minimum Gasteiger partial charge on any atom is -0.330 e. The van der Waals surface area contributed by atoms with Crippen molar-refractivity contribution < 1.29 is 4.21 Å². The molecule has 0 saturated heterocycles. The molecule has 0 bridgehead atoms. The maximum absolute atomic E-state index is 12.2. The molecule has 0 aromatic heterocycles. The van der Waals surface area contributed by atoms with E-state index in [4.69, 9.17) is 5.73 Å². The highest BCUT2D eigenvalue weighted by Crippen LogP contribution is 2.19. The lowest BCUT2D eigenvalue weighted by molar-refractivity contribution is 0.650. The Hall–Kier alpha value is -0.190. The predicted molar refractivity (Wildman–Crippen MR) is 68.3 cm³/mol. The SMILES string of the molecule is CCC(CCN)S(=O)c1cccc(Br)c1. The van der Waals surface area contributed by atoms with Gasteiger partial charge in [0.1, 0.15) is 0 Å². The molecule has 4 heteroatoms. The fourth-order valence-electron chi connectivity index (χ4n) is 1.43. The predicted octanol–water partition coefficient (Wildman–Crippen LogP) is 2.68. The summed E-state index contributed by atoms with van der Waals surface area (Å²) < 4.78 is 13.1. The first-order chi connectivity index (χ1) is 7.19. The molecule has 0 aliphatic heterocycles. The first-order valence-electron chi connectivity index (χ1n) is 5.05. The Morgan fingerprint density at radius 3 is 2.80 bits per heavy atom.